The summed E-state index contributed by atoms with van der Waals surface area (Å²) in [5, 5.41) is 66.8. The maximum atomic E-state index is 15.6. The third-order valence-electron chi connectivity index (χ3n) is 7.13. The first-order valence-corrected chi connectivity index (χ1v) is 12.9. The Morgan fingerprint density at radius 2 is 0.827 bits per heavy atom. The summed E-state index contributed by atoms with van der Waals surface area (Å²) in [5.41, 5.74) is -25.2. The number of nitrogens with zero attached hydrogens (tertiary/aromatic N) is 8. The third kappa shape index (κ3) is 5.65. The van der Waals surface area contributed by atoms with E-state index in [1.165, 1.54) is 0 Å². The highest BCUT2D eigenvalue weighted by molar-refractivity contribution is 6.12. The minimum atomic E-state index is -5.65. The maximum absolute atomic E-state index is 15.6. The van der Waals surface area contributed by atoms with Crippen molar-refractivity contribution >= 4 is 16.7 Å². The van der Waals surface area contributed by atoms with E-state index in [9.17, 15) is 61.4 Å². The van der Waals surface area contributed by atoms with Gasteiger partial charge in [-0.3, -0.25) is 4.98 Å². The molecule has 0 unspecified atom stereocenters. The van der Waals surface area contributed by atoms with Crippen LogP contribution in [0.25, 0.3) is 16.7 Å². The van der Waals surface area contributed by atoms with Crippen LogP contribution in [0.3, 0.4) is 0 Å². The molecule has 254 valence electrons. The molecule has 0 N–H and O–H groups in total. The van der Waals surface area contributed by atoms with E-state index < -0.39 is 137 Å². The molecule has 4 rings (SSSR count). The highest BCUT2D eigenvalue weighted by Gasteiger charge is 2.47. The quantitative estimate of drug-likeness (QED) is 0.150. The van der Waals surface area contributed by atoms with E-state index in [1.807, 2.05) is 0 Å². The Kier molecular flexibility index (Phi) is 9.32. The minimum absolute atomic E-state index is 0.354. The summed E-state index contributed by atoms with van der Waals surface area (Å²) in [6.45, 7) is 0. The highest BCUT2D eigenvalue weighted by Crippen LogP contribution is 2.57. The highest BCUT2D eigenvalue weighted by atomic mass is 19.4. The second kappa shape index (κ2) is 13.0. The molecule has 0 aliphatic heterocycles. The second-order valence-corrected chi connectivity index (χ2v) is 9.78. The zero-order valence-corrected chi connectivity index (χ0v) is 24.3. The molecule has 0 amide bonds. The first-order chi connectivity index (χ1) is 24.3. The summed E-state index contributed by atoms with van der Waals surface area (Å²) in [6, 6.07) is 6.68. The number of halogens is 12. The Balaban J connectivity index is 2.41. The predicted octanol–water partition coefficient (Wildman–Crippen LogP) is 7.69. The average Bonchev–Trinajstić information content (AvgIpc) is 3.80. The van der Waals surface area contributed by atoms with Gasteiger partial charge in [0.1, 0.15) is 70.4 Å². The molecule has 0 atom stereocenters. The van der Waals surface area contributed by atoms with Crippen molar-refractivity contribution in [2.24, 2.45) is 0 Å². The van der Waals surface area contributed by atoms with Gasteiger partial charge < -0.3 is 0 Å². The van der Waals surface area contributed by atoms with Gasteiger partial charge in [0.15, 0.2) is 34.9 Å². The number of nitriles is 7. The topological polar surface area (TPSA) is 179 Å². The van der Waals surface area contributed by atoms with Gasteiger partial charge in [-0.05, 0) is 6.07 Å². The molecule has 52 heavy (non-hydrogen) atoms. The summed E-state index contributed by atoms with van der Waals surface area (Å²) >= 11 is 0. The van der Waals surface area contributed by atoms with Crippen LogP contribution in [0, 0.1) is 114 Å². The number of aromatic nitrogens is 1. The molecule has 0 bridgehead atoms. The van der Waals surface area contributed by atoms with Gasteiger partial charge in [-0.25, -0.2) is 26.3 Å². The largest absolute Gasteiger partial charge is 0.433 e. The van der Waals surface area contributed by atoms with Crippen molar-refractivity contribution in [3.05, 3.63) is 114 Å². The lowest BCUT2D eigenvalue weighted by atomic mass is 9.95. The zero-order chi connectivity index (χ0) is 39.2. The maximum Gasteiger partial charge on any atom is 0.433 e. The van der Waals surface area contributed by atoms with Crippen LogP contribution in [0.15, 0.2) is 29.0 Å². The van der Waals surface area contributed by atoms with E-state index in [0.717, 1.165) is 42.5 Å². The Labute approximate surface area is 280 Å². The molecule has 1 saturated carbocycles. The summed E-state index contributed by atoms with van der Waals surface area (Å²) in [5.74, 6) is -13.9. The predicted molar refractivity (Wildman–Crippen MR) is 143 cm³/mol. The van der Waals surface area contributed by atoms with Crippen LogP contribution >= 0.6 is 0 Å². The number of rotatable bonds is 3. The fraction of sp³-hybridized carbons (Fsp3) is 0.0625. The van der Waals surface area contributed by atoms with Crippen molar-refractivity contribution < 1.29 is 52.7 Å². The number of benzene rings is 2. The van der Waals surface area contributed by atoms with Gasteiger partial charge >= 0.3 is 12.4 Å². The lowest BCUT2D eigenvalue weighted by Gasteiger charge is -2.14. The Bertz CT molecular complexity index is 2450. The van der Waals surface area contributed by atoms with Crippen molar-refractivity contribution in [1.29, 1.82) is 36.8 Å². The van der Waals surface area contributed by atoms with Crippen LogP contribution in [0.4, 0.5) is 52.7 Å². The van der Waals surface area contributed by atoms with Crippen LogP contribution in [0.2, 0.25) is 0 Å². The summed E-state index contributed by atoms with van der Waals surface area (Å²) in [7, 11) is 0. The van der Waals surface area contributed by atoms with Gasteiger partial charge in [-0.2, -0.15) is 63.2 Å². The van der Waals surface area contributed by atoms with Crippen molar-refractivity contribution in [3.63, 3.8) is 0 Å². The molecule has 1 fully saturated rings. The number of alkyl halides is 6. The number of allylic oxidation sites excluding steroid dienone is 6. The zero-order valence-electron chi connectivity index (χ0n) is 24.3. The molecule has 3 aromatic rings. The molecule has 1 aromatic heterocycles. The van der Waals surface area contributed by atoms with Gasteiger partial charge in [0, 0.05) is 28.5 Å². The summed E-state index contributed by atoms with van der Waals surface area (Å²) < 4.78 is 175. The molecular formula is C32H2F12N8. The molecule has 0 saturated heterocycles. The van der Waals surface area contributed by atoms with Crippen molar-refractivity contribution in [2.75, 3.05) is 0 Å². The summed E-state index contributed by atoms with van der Waals surface area (Å²) in [6.07, 6.45) is -11.6. The third-order valence-corrected chi connectivity index (χ3v) is 7.13. The molecule has 1 aliphatic carbocycles. The second-order valence-electron chi connectivity index (χ2n) is 9.78. The van der Waals surface area contributed by atoms with Crippen LogP contribution in [-0.2, 0) is 12.4 Å². The van der Waals surface area contributed by atoms with Gasteiger partial charge in [0.2, 0.25) is 0 Å². The fourth-order valence-corrected chi connectivity index (χ4v) is 4.88. The Morgan fingerprint density at radius 3 is 1.13 bits per heavy atom. The lowest BCUT2D eigenvalue weighted by molar-refractivity contribution is -0.144. The van der Waals surface area contributed by atoms with Crippen LogP contribution < -0.4 is 0 Å². The molecular weight excluding hydrogens is 724 g/mol. The molecule has 8 nitrogen and oxygen atoms in total. The minimum Gasteiger partial charge on any atom is -0.251 e. The lowest BCUT2D eigenvalue weighted by Crippen LogP contribution is -2.14. The van der Waals surface area contributed by atoms with Crippen molar-refractivity contribution in [2.45, 2.75) is 12.4 Å². The van der Waals surface area contributed by atoms with Crippen molar-refractivity contribution in [1.82, 2.24) is 4.98 Å². The molecule has 2 aromatic carbocycles. The SMILES string of the molecule is N#CC(=C1C(=C(C#N)c2c(F)c(F)c(C#N)c(C#N)c2F)C1=C(C#N)c1c(F)c(F)c(C#N)c(C#N)c1F)c1cc(C(F)(F)F)ncc1C(F)(F)F. The van der Waals surface area contributed by atoms with Crippen molar-refractivity contribution in [3.8, 4) is 42.5 Å². The molecule has 1 heterocycles. The Morgan fingerprint density at radius 1 is 0.481 bits per heavy atom. The Hall–Kier alpha value is -7.60. The standard InChI is InChI=1S/C32H2F12N8/c33-25-12(3-46)14(5-48)27(35)29(37)23(25)16(7-50)21-20(11(2-45)10-1-19(32(42,43)44)52-9-18(10)31(39,40)41)22(21)17(8-51)24-26(34)13(4-47)15(6-49)28(36)30(24)38/h1,9H. The normalized spacial score (nSPS) is 14.1. The molecule has 0 spiro atoms. The van der Waals surface area contributed by atoms with E-state index in [-0.39, 0.29) is 6.07 Å². The van der Waals surface area contributed by atoms with Crippen LogP contribution in [0.5, 0.6) is 0 Å². The first-order valence-electron chi connectivity index (χ1n) is 12.9. The van der Waals surface area contributed by atoms with E-state index in [4.69, 9.17) is 10.5 Å². The van der Waals surface area contributed by atoms with Gasteiger partial charge in [-0.1, -0.05) is 0 Å². The molecule has 20 heteroatoms. The summed E-state index contributed by atoms with van der Waals surface area (Å²) in [4.78, 5) is 2.64. The van der Waals surface area contributed by atoms with Gasteiger partial charge in [-0.15, -0.1) is 0 Å². The van der Waals surface area contributed by atoms with Gasteiger partial charge in [0.25, 0.3) is 0 Å². The van der Waals surface area contributed by atoms with Crippen LogP contribution in [0.1, 0.15) is 50.2 Å². The monoisotopic (exact) mass is 726 g/mol. The van der Waals surface area contributed by atoms with E-state index in [2.05, 4.69) is 4.98 Å². The molecule has 1 aliphatic rings. The smallest absolute Gasteiger partial charge is 0.251 e. The average molecular weight is 726 g/mol. The number of hydrogen-bond donors (Lipinski definition) is 0. The van der Waals surface area contributed by atoms with Gasteiger partial charge in [0.05, 0.1) is 33.4 Å². The van der Waals surface area contributed by atoms with E-state index in [1.54, 1.807) is 0 Å². The number of hydrogen-bond acceptors (Lipinski definition) is 8. The number of pyridine rings is 1. The fourth-order valence-electron chi connectivity index (χ4n) is 4.88. The molecule has 0 radical (unpaired) electrons. The van der Waals surface area contributed by atoms with E-state index >= 15 is 17.6 Å². The van der Waals surface area contributed by atoms with Crippen LogP contribution in [-0.4, -0.2) is 4.98 Å². The van der Waals surface area contributed by atoms with E-state index in [0.29, 0.717) is 0 Å². The first kappa shape index (κ1) is 37.2.